The van der Waals surface area contributed by atoms with Crippen molar-refractivity contribution in [3.63, 3.8) is 0 Å². The van der Waals surface area contributed by atoms with E-state index in [1.165, 1.54) is 31.3 Å². The lowest BCUT2D eigenvalue weighted by Gasteiger charge is -2.20. The van der Waals surface area contributed by atoms with Crippen LogP contribution >= 0.6 is 0 Å². The maximum absolute atomic E-state index is 12.0. The summed E-state index contributed by atoms with van der Waals surface area (Å²) in [6, 6.07) is 2.05. The van der Waals surface area contributed by atoms with E-state index in [1.807, 2.05) is 6.20 Å². The topological polar surface area (TPSA) is 59.0 Å². The van der Waals surface area contributed by atoms with Crippen molar-refractivity contribution < 1.29 is 4.79 Å². The van der Waals surface area contributed by atoms with Crippen LogP contribution < -0.4 is 10.6 Å². The van der Waals surface area contributed by atoms with Crippen molar-refractivity contribution in [3.05, 3.63) is 29.6 Å². The highest BCUT2D eigenvalue weighted by Gasteiger charge is 2.17. The van der Waals surface area contributed by atoms with Crippen molar-refractivity contribution in [1.29, 1.82) is 0 Å². The minimum Gasteiger partial charge on any atom is -0.351 e. The Morgan fingerprint density at radius 3 is 3.14 bits per heavy atom. The summed E-state index contributed by atoms with van der Waals surface area (Å²) >= 11 is 0. The molecule has 0 radical (unpaired) electrons. The Labute approximate surface area is 132 Å². The molecule has 22 heavy (non-hydrogen) atoms. The highest BCUT2D eigenvalue weighted by Crippen LogP contribution is 2.21. The van der Waals surface area contributed by atoms with E-state index < -0.39 is 0 Å². The fourth-order valence-corrected chi connectivity index (χ4v) is 3.27. The van der Waals surface area contributed by atoms with Crippen molar-refractivity contribution in [2.75, 3.05) is 19.6 Å². The smallest absolute Gasteiger partial charge is 0.241 e. The lowest BCUT2D eigenvalue weighted by molar-refractivity contribution is -0.121. The molecular formula is C17H26N4O. The molecule has 0 saturated carbocycles. The normalized spacial score (nSPS) is 22.2. The second-order valence-electron chi connectivity index (χ2n) is 6.37. The standard InChI is InChI=1S/C17H26N4O/c22-17(19-11-14-5-2-1-3-6-14)13-21-10-8-16(20-21)15-7-4-9-18-12-15/h5,8,10,15,18H,1-4,6-7,9,11-13H2,(H,19,22)/t15-/m0/s1. The van der Waals surface area contributed by atoms with Gasteiger partial charge in [0, 0.05) is 25.2 Å². The minimum atomic E-state index is 0.0443. The van der Waals surface area contributed by atoms with Crippen LogP contribution in [0.1, 0.15) is 50.1 Å². The zero-order chi connectivity index (χ0) is 15.2. The van der Waals surface area contributed by atoms with Gasteiger partial charge < -0.3 is 10.6 Å². The van der Waals surface area contributed by atoms with Gasteiger partial charge >= 0.3 is 0 Å². The summed E-state index contributed by atoms with van der Waals surface area (Å²) < 4.78 is 1.76. The average molecular weight is 302 g/mol. The Hall–Kier alpha value is -1.62. The Morgan fingerprint density at radius 2 is 2.36 bits per heavy atom. The molecule has 1 aliphatic carbocycles. The molecule has 0 spiro atoms. The van der Waals surface area contributed by atoms with E-state index in [-0.39, 0.29) is 5.91 Å². The largest absolute Gasteiger partial charge is 0.351 e. The van der Waals surface area contributed by atoms with Gasteiger partial charge in [0.15, 0.2) is 0 Å². The highest BCUT2D eigenvalue weighted by atomic mass is 16.2. The van der Waals surface area contributed by atoms with Crippen molar-refractivity contribution in [2.24, 2.45) is 0 Å². The van der Waals surface area contributed by atoms with Crippen molar-refractivity contribution in [1.82, 2.24) is 20.4 Å². The van der Waals surface area contributed by atoms with E-state index in [0.29, 0.717) is 19.0 Å². The van der Waals surface area contributed by atoms with Gasteiger partial charge in [0.1, 0.15) is 6.54 Å². The van der Waals surface area contributed by atoms with Crippen LogP contribution in [0.5, 0.6) is 0 Å². The third-order valence-electron chi connectivity index (χ3n) is 4.58. The molecule has 2 aliphatic rings. The molecule has 3 rings (SSSR count). The number of allylic oxidation sites excluding steroid dienone is 1. The molecule has 5 nitrogen and oxygen atoms in total. The predicted octanol–water partition coefficient (Wildman–Crippen LogP) is 1.97. The van der Waals surface area contributed by atoms with Gasteiger partial charge in [-0.15, -0.1) is 0 Å². The van der Waals surface area contributed by atoms with E-state index in [4.69, 9.17) is 0 Å². The predicted molar refractivity (Wildman–Crippen MR) is 86.6 cm³/mol. The van der Waals surface area contributed by atoms with Crippen LogP contribution in [0.25, 0.3) is 0 Å². The van der Waals surface area contributed by atoms with Gasteiger partial charge in [-0.2, -0.15) is 5.10 Å². The molecule has 1 aromatic rings. The first-order chi connectivity index (χ1) is 10.8. The fraction of sp³-hybridized carbons (Fsp3) is 0.647. The summed E-state index contributed by atoms with van der Waals surface area (Å²) in [5, 5.41) is 11.0. The summed E-state index contributed by atoms with van der Waals surface area (Å²) in [5.41, 5.74) is 2.48. The summed E-state index contributed by atoms with van der Waals surface area (Å²) in [6.07, 6.45) is 11.4. The molecule has 0 unspecified atom stereocenters. The van der Waals surface area contributed by atoms with E-state index in [1.54, 1.807) is 4.68 Å². The Balaban J connectivity index is 1.47. The molecule has 1 saturated heterocycles. The number of piperidine rings is 1. The van der Waals surface area contributed by atoms with Crippen molar-refractivity contribution >= 4 is 5.91 Å². The molecule has 1 aliphatic heterocycles. The fourth-order valence-electron chi connectivity index (χ4n) is 3.27. The molecule has 1 amide bonds. The molecule has 0 bridgehead atoms. The molecular weight excluding hydrogens is 276 g/mol. The minimum absolute atomic E-state index is 0.0443. The molecule has 1 atom stereocenters. The number of nitrogens with one attached hydrogen (secondary N) is 2. The molecule has 2 heterocycles. The van der Waals surface area contributed by atoms with Gasteiger partial charge in [0.05, 0.1) is 5.69 Å². The monoisotopic (exact) mass is 302 g/mol. The van der Waals surface area contributed by atoms with Crippen LogP contribution in [0.3, 0.4) is 0 Å². The van der Waals surface area contributed by atoms with Crippen molar-refractivity contribution in [2.45, 2.75) is 51.0 Å². The molecule has 1 aromatic heterocycles. The van der Waals surface area contributed by atoms with Crippen LogP contribution in [-0.4, -0.2) is 35.3 Å². The third-order valence-corrected chi connectivity index (χ3v) is 4.58. The second-order valence-corrected chi connectivity index (χ2v) is 6.37. The number of carbonyl (C=O) groups excluding carboxylic acids is 1. The third kappa shape index (κ3) is 4.19. The van der Waals surface area contributed by atoms with E-state index >= 15 is 0 Å². The number of aromatic nitrogens is 2. The lowest BCUT2D eigenvalue weighted by Crippen LogP contribution is -2.30. The molecule has 5 heteroatoms. The Bertz CT molecular complexity index is 529. The zero-order valence-electron chi connectivity index (χ0n) is 13.2. The average Bonchev–Trinajstić information content (AvgIpc) is 3.03. The molecule has 0 aromatic carbocycles. The molecule has 1 fully saturated rings. The van der Waals surface area contributed by atoms with E-state index in [9.17, 15) is 4.79 Å². The number of rotatable bonds is 5. The Morgan fingerprint density at radius 1 is 1.41 bits per heavy atom. The summed E-state index contributed by atoms with van der Waals surface area (Å²) in [6.45, 7) is 3.11. The summed E-state index contributed by atoms with van der Waals surface area (Å²) in [7, 11) is 0. The van der Waals surface area contributed by atoms with Crippen LogP contribution in [0, 0.1) is 0 Å². The van der Waals surface area contributed by atoms with Crippen LogP contribution in [-0.2, 0) is 11.3 Å². The van der Waals surface area contributed by atoms with Gasteiger partial charge in [0.25, 0.3) is 0 Å². The van der Waals surface area contributed by atoms with E-state index in [2.05, 4.69) is 27.9 Å². The van der Waals surface area contributed by atoms with Gasteiger partial charge in [-0.25, -0.2) is 0 Å². The first-order valence-electron chi connectivity index (χ1n) is 8.50. The number of carbonyl (C=O) groups is 1. The first-order valence-corrected chi connectivity index (χ1v) is 8.50. The van der Waals surface area contributed by atoms with Gasteiger partial charge in [-0.3, -0.25) is 9.48 Å². The summed E-state index contributed by atoms with van der Waals surface area (Å²) in [5.74, 6) is 0.536. The van der Waals surface area contributed by atoms with Crippen LogP contribution in [0.2, 0.25) is 0 Å². The van der Waals surface area contributed by atoms with Gasteiger partial charge in [-0.05, 0) is 51.1 Å². The maximum atomic E-state index is 12.0. The molecule has 120 valence electrons. The van der Waals surface area contributed by atoms with Gasteiger partial charge in [-0.1, -0.05) is 11.6 Å². The molecule has 2 N–H and O–H groups in total. The summed E-state index contributed by atoms with van der Waals surface area (Å²) in [4.78, 5) is 12.0. The van der Waals surface area contributed by atoms with Crippen LogP contribution in [0.4, 0.5) is 0 Å². The number of hydrogen-bond acceptors (Lipinski definition) is 3. The lowest BCUT2D eigenvalue weighted by atomic mass is 9.97. The number of nitrogens with zero attached hydrogens (tertiary/aromatic N) is 2. The zero-order valence-corrected chi connectivity index (χ0v) is 13.2. The Kier molecular flexibility index (Phi) is 5.27. The number of amides is 1. The van der Waals surface area contributed by atoms with Gasteiger partial charge in [0.2, 0.25) is 5.91 Å². The SMILES string of the molecule is O=C(Cn1ccc([C@H]2CCCNC2)n1)NCC1=CCCCC1. The first kappa shape index (κ1) is 15.3. The highest BCUT2D eigenvalue weighted by molar-refractivity contribution is 5.75. The number of hydrogen-bond donors (Lipinski definition) is 2. The quantitative estimate of drug-likeness (QED) is 0.818. The van der Waals surface area contributed by atoms with E-state index in [0.717, 1.165) is 31.6 Å². The maximum Gasteiger partial charge on any atom is 0.241 e. The van der Waals surface area contributed by atoms with Crippen LogP contribution in [0.15, 0.2) is 23.9 Å². The van der Waals surface area contributed by atoms with Crippen molar-refractivity contribution in [3.8, 4) is 0 Å². The second kappa shape index (κ2) is 7.58.